The first-order valence-electron chi connectivity index (χ1n) is 5.41. The average molecular weight is 315 g/mol. The van der Waals surface area contributed by atoms with Crippen molar-refractivity contribution in [3.8, 4) is 0 Å². The van der Waals surface area contributed by atoms with E-state index < -0.39 is 0 Å². The highest BCUT2D eigenvalue weighted by Crippen LogP contribution is 2.15. The van der Waals surface area contributed by atoms with E-state index in [1.807, 2.05) is 25.1 Å². The first-order chi connectivity index (χ1) is 8.06. The first-order valence-corrected chi connectivity index (χ1v) is 6.61. The van der Waals surface area contributed by atoms with Crippen molar-refractivity contribution in [1.29, 1.82) is 0 Å². The number of rotatable bonds is 5. The SMILES string of the molecule is CCCC(NC(=O)c1ccccc1Br)C(N)=S. The molecule has 0 radical (unpaired) electrons. The molecule has 3 N–H and O–H groups in total. The Kier molecular flexibility index (Phi) is 5.58. The third-order valence-corrected chi connectivity index (χ3v) is 3.32. The van der Waals surface area contributed by atoms with Crippen LogP contribution in [0.15, 0.2) is 28.7 Å². The summed E-state index contributed by atoms with van der Waals surface area (Å²) in [5, 5.41) is 2.84. The van der Waals surface area contributed by atoms with E-state index in [1.54, 1.807) is 6.07 Å². The van der Waals surface area contributed by atoms with Gasteiger partial charge in [-0.3, -0.25) is 4.79 Å². The Labute approximate surface area is 115 Å². The molecule has 0 aromatic heterocycles. The van der Waals surface area contributed by atoms with Gasteiger partial charge in [-0.05, 0) is 34.5 Å². The Balaban J connectivity index is 2.77. The zero-order valence-electron chi connectivity index (χ0n) is 9.57. The lowest BCUT2D eigenvalue weighted by molar-refractivity contribution is 0.0945. The molecule has 0 saturated heterocycles. The highest BCUT2D eigenvalue weighted by atomic mass is 79.9. The summed E-state index contributed by atoms with van der Waals surface area (Å²) in [7, 11) is 0. The molecular weight excluding hydrogens is 300 g/mol. The lowest BCUT2D eigenvalue weighted by Crippen LogP contribution is -2.43. The molecule has 1 aromatic carbocycles. The zero-order chi connectivity index (χ0) is 12.8. The van der Waals surface area contributed by atoms with Crippen LogP contribution in [-0.2, 0) is 0 Å². The fourth-order valence-electron chi connectivity index (χ4n) is 1.46. The van der Waals surface area contributed by atoms with Gasteiger partial charge in [0.2, 0.25) is 0 Å². The number of benzene rings is 1. The Morgan fingerprint density at radius 2 is 2.18 bits per heavy atom. The maximum absolute atomic E-state index is 12.0. The molecule has 1 rings (SSSR count). The smallest absolute Gasteiger partial charge is 0.252 e. The van der Waals surface area contributed by atoms with Gasteiger partial charge in [0.05, 0.1) is 16.6 Å². The molecule has 0 heterocycles. The number of hydrogen-bond donors (Lipinski definition) is 2. The van der Waals surface area contributed by atoms with Crippen molar-refractivity contribution in [2.75, 3.05) is 0 Å². The maximum Gasteiger partial charge on any atom is 0.252 e. The number of hydrogen-bond acceptors (Lipinski definition) is 2. The molecule has 3 nitrogen and oxygen atoms in total. The molecule has 1 aromatic rings. The molecule has 17 heavy (non-hydrogen) atoms. The third-order valence-electron chi connectivity index (χ3n) is 2.34. The van der Waals surface area contributed by atoms with E-state index in [1.165, 1.54) is 0 Å². The quantitative estimate of drug-likeness (QED) is 0.821. The van der Waals surface area contributed by atoms with Gasteiger partial charge in [-0.25, -0.2) is 0 Å². The summed E-state index contributed by atoms with van der Waals surface area (Å²) in [6.07, 6.45) is 1.67. The molecular formula is C12H15BrN2OS. The summed E-state index contributed by atoms with van der Waals surface area (Å²) >= 11 is 8.27. The topological polar surface area (TPSA) is 55.1 Å². The molecule has 0 aliphatic heterocycles. The van der Waals surface area contributed by atoms with Crippen molar-refractivity contribution < 1.29 is 4.79 Å². The molecule has 0 aliphatic rings. The number of nitrogens with two attached hydrogens (primary N) is 1. The highest BCUT2D eigenvalue weighted by molar-refractivity contribution is 9.10. The first kappa shape index (κ1) is 14.1. The van der Waals surface area contributed by atoms with Gasteiger partial charge in [-0.1, -0.05) is 37.7 Å². The van der Waals surface area contributed by atoms with Gasteiger partial charge in [-0.15, -0.1) is 0 Å². The second-order valence-corrected chi connectivity index (χ2v) is 5.02. The summed E-state index contributed by atoms with van der Waals surface area (Å²) in [5.74, 6) is -0.163. The van der Waals surface area contributed by atoms with Gasteiger partial charge in [0.25, 0.3) is 5.91 Å². The van der Waals surface area contributed by atoms with Crippen LogP contribution in [0.2, 0.25) is 0 Å². The van der Waals surface area contributed by atoms with Crippen molar-refractivity contribution in [3.63, 3.8) is 0 Å². The highest BCUT2D eigenvalue weighted by Gasteiger charge is 2.16. The van der Waals surface area contributed by atoms with Crippen molar-refractivity contribution in [1.82, 2.24) is 5.32 Å². The molecule has 5 heteroatoms. The van der Waals surface area contributed by atoms with Gasteiger partial charge >= 0.3 is 0 Å². The van der Waals surface area contributed by atoms with E-state index in [4.69, 9.17) is 18.0 Å². The second kappa shape index (κ2) is 6.71. The third kappa shape index (κ3) is 4.09. The Bertz CT molecular complexity index is 423. The largest absolute Gasteiger partial charge is 0.392 e. The number of halogens is 1. The molecule has 92 valence electrons. The number of thiocarbonyl (C=S) groups is 1. The van der Waals surface area contributed by atoms with Gasteiger partial charge in [0.1, 0.15) is 0 Å². The standard InChI is InChI=1S/C12H15BrN2OS/c1-2-5-10(11(14)17)15-12(16)8-6-3-4-7-9(8)13/h3-4,6-7,10H,2,5H2,1H3,(H2,14,17)(H,15,16). The van der Waals surface area contributed by atoms with Gasteiger partial charge in [-0.2, -0.15) is 0 Å². The Hall–Kier alpha value is -0.940. The number of nitrogens with one attached hydrogen (secondary N) is 1. The van der Waals surface area contributed by atoms with E-state index in [9.17, 15) is 4.79 Å². The van der Waals surface area contributed by atoms with Crippen LogP contribution >= 0.6 is 28.1 Å². The van der Waals surface area contributed by atoms with Crippen LogP contribution in [-0.4, -0.2) is 16.9 Å². The van der Waals surface area contributed by atoms with Crippen LogP contribution in [0.1, 0.15) is 30.1 Å². The van der Waals surface area contributed by atoms with Gasteiger partial charge in [0.15, 0.2) is 0 Å². The zero-order valence-corrected chi connectivity index (χ0v) is 12.0. The predicted octanol–water partition coefficient (Wildman–Crippen LogP) is 2.63. The van der Waals surface area contributed by atoms with Crippen LogP contribution in [0.3, 0.4) is 0 Å². The van der Waals surface area contributed by atoms with Crippen LogP contribution < -0.4 is 11.1 Å². The predicted molar refractivity (Wildman–Crippen MR) is 77.1 cm³/mol. The maximum atomic E-state index is 12.0. The number of carbonyl (C=O) groups is 1. The van der Waals surface area contributed by atoms with E-state index >= 15 is 0 Å². The Morgan fingerprint density at radius 3 is 2.71 bits per heavy atom. The van der Waals surface area contributed by atoms with Crippen LogP contribution in [0.5, 0.6) is 0 Å². The average Bonchev–Trinajstić information content (AvgIpc) is 2.28. The normalized spacial score (nSPS) is 11.9. The molecule has 0 bridgehead atoms. The fourth-order valence-corrected chi connectivity index (χ4v) is 2.10. The molecule has 1 amide bonds. The summed E-state index contributed by atoms with van der Waals surface area (Å²) in [4.78, 5) is 12.3. The van der Waals surface area contributed by atoms with E-state index in [2.05, 4.69) is 21.2 Å². The number of carbonyl (C=O) groups excluding carboxylic acids is 1. The Morgan fingerprint density at radius 1 is 1.53 bits per heavy atom. The minimum Gasteiger partial charge on any atom is -0.392 e. The van der Waals surface area contributed by atoms with Crippen molar-refractivity contribution >= 4 is 39.0 Å². The number of amides is 1. The molecule has 0 fully saturated rings. The van der Waals surface area contributed by atoms with Crippen molar-refractivity contribution in [2.45, 2.75) is 25.8 Å². The second-order valence-electron chi connectivity index (χ2n) is 3.70. The molecule has 0 spiro atoms. The summed E-state index contributed by atoms with van der Waals surface area (Å²) in [5.41, 5.74) is 6.18. The van der Waals surface area contributed by atoms with E-state index in [0.29, 0.717) is 10.6 Å². The van der Waals surface area contributed by atoms with Crippen molar-refractivity contribution in [2.24, 2.45) is 5.73 Å². The molecule has 0 saturated carbocycles. The molecule has 0 aliphatic carbocycles. The van der Waals surface area contributed by atoms with Crippen molar-refractivity contribution in [3.05, 3.63) is 34.3 Å². The van der Waals surface area contributed by atoms with Crippen LogP contribution in [0.25, 0.3) is 0 Å². The fraction of sp³-hybridized carbons (Fsp3) is 0.333. The van der Waals surface area contributed by atoms with Gasteiger partial charge < -0.3 is 11.1 Å². The minimum atomic E-state index is -0.241. The minimum absolute atomic E-state index is 0.163. The van der Waals surface area contributed by atoms with E-state index in [-0.39, 0.29) is 11.9 Å². The summed E-state index contributed by atoms with van der Waals surface area (Å²) < 4.78 is 0.760. The monoisotopic (exact) mass is 314 g/mol. The lowest BCUT2D eigenvalue weighted by atomic mass is 10.1. The van der Waals surface area contributed by atoms with E-state index in [0.717, 1.165) is 17.3 Å². The van der Waals surface area contributed by atoms with Crippen LogP contribution in [0.4, 0.5) is 0 Å². The van der Waals surface area contributed by atoms with Crippen LogP contribution in [0, 0.1) is 0 Å². The lowest BCUT2D eigenvalue weighted by Gasteiger charge is -2.17. The molecule has 1 atom stereocenters. The molecule has 1 unspecified atom stereocenters. The summed E-state index contributed by atoms with van der Waals surface area (Å²) in [6.45, 7) is 2.02. The summed E-state index contributed by atoms with van der Waals surface area (Å²) in [6, 6.07) is 7.01. The van der Waals surface area contributed by atoms with Gasteiger partial charge in [0, 0.05) is 4.47 Å².